The lowest BCUT2D eigenvalue weighted by Gasteiger charge is -2.22. The van der Waals surface area contributed by atoms with Crippen LogP contribution in [0.2, 0.25) is 0 Å². The maximum atomic E-state index is 5.71. The molecule has 0 N–H and O–H groups in total. The zero-order valence-corrected chi connectivity index (χ0v) is 17.3. The van der Waals surface area contributed by atoms with Gasteiger partial charge < -0.3 is 13.8 Å². The van der Waals surface area contributed by atoms with Gasteiger partial charge in [0.15, 0.2) is 0 Å². The van der Waals surface area contributed by atoms with Crippen molar-refractivity contribution in [2.24, 2.45) is 5.92 Å². The second-order valence-corrected chi connectivity index (χ2v) is 8.55. The van der Waals surface area contributed by atoms with E-state index >= 15 is 0 Å². The van der Waals surface area contributed by atoms with E-state index in [-0.39, 0.29) is 0 Å². The largest absolute Gasteiger partial charge is 0.495 e. The van der Waals surface area contributed by atoms with Crippen molar-refractivity contribution >= 4 is 10.9 Å². The molecule has 1 saturated carbocycles. The van der Waals surface area contributed by atoms with Gasteiger partial charge in [-0.3, -0.25) is 4.90 Å². The molecule has 5 rings (SSSR count). The van der Waals surface area contributed by atoms with Gasteiger partial charge in [0.2, 0.25) is 11.7 Å². The number of rotatable bonds is 6. The van der Waals surface area contributed by atoms with Gasteiger partial charge in [-0.05, 0) is 50.8 Å². The van der Waals surface area contributed by atoms with Crippen molar-refractivity contribution < 1.29 is 9.26 Å². The molecule has 1 aliphatic heterocycles. The highest BCUT2D eigenvalue weighted by Gasteiger charge is 2.22. The van der Waals surface area contributed by atoms with Crippen LogP contribution < -0.4 is 4.74 Å². The topological polar surface area (TPSA) is 56.3 Å². The van der Waals surface area contributed by atoms with Crippen molar-refractivity contribution in [2.75, 3.05) is 20.2 Å². The van der Waals surface area contributed by atoms with Crippen molar-refractivity contribution in [3.05, 3.63) is 30.3 Å². The van der Waals surface area contributed by atoms with Crippen LogP contribution in [0.25, 0.3) is 22.3 Å². The Kier molecular flexibility index (Phi) is 5.27. The normalized spacial score (nSPS) is 18.7. The first-order chi connectivity index (χ1) is 14.3. The number of hydrogen-bond donors (Lipinski definition) is 0. The lowest BCUT2D eigenvalue weighted by molar-refractivity contribution is 0.268. The molecule has 0 amide bonds. The summed E-state index contributed by atoms with van der Waals surface area (Å²) >= 11 is 0. The molecular formula is C23H30N4O2. The summed E-state index contributed by atoms with van der Waals surface area (Å²) in [6.45, 7) is 4.01. The average molecular weight is 395 g/mol. The van der Waals surface area contributed by atoms with Gasteiger partial charge in [0.05, 0.1) is 19.2 Å². The van der Waals surface area contributed by atoms with Gasteiger partial charge in [-0.1, -0.05) is 36.6 Å². The Morgan fingerprint density at radius 1 is 1.10 bits per heavy atom. The number of methoxy groups -OCH3 is 1. The predicted molar refractivity (Wildman–Crippen MR) is 113 cm³/mol. The van der Waals surface area contributed by atoms with Crippen LogP contribution in [0.4, 0.5) is 0 Å². The summed E-state index contributed by atoms with van der Waals surface area (Å²) in [5.74, 6) is 3.02. The molecule has 3 aromatic rings. The Hall–Kier alpha value is -2.34. The highest BCUT2D eigenvalue weighted by Crippen LogP contribution is 2.36. The summed E-state index contributed by atoms with van der Waals surface area (Å²) in [4.78, 5) is 7.12. The molecule has 1 aromatic carbocycles. The first-order valence-corrected chi connectivity index (χ1v) is 11.0. The maximum absolute atomic E-state index is 5.71. The van der Waals surface area contributed by atoms with Gasteiger partial charge in [0.25, 0.3) is 0 Å². The summed E-state index contributed by atoms with van der Waals surface area (Å²) in [6.07, 6.45) is 11.4. The van der Waals surface area contributed by atoms with Gasteiger partial charge in [-0.15, -0.1) is 0 Å². The summed E-state index contributed by atoms with van der Waals surface area (Å²) in [5.41, 5.74) is 2.17. The van der Waals surface area contributed by atoms with Crippen LogP contribution in [0.3, 0.4) is 0 Å². The van der Waals surface area contributed by atoms with E-state index in [0.29, 0.717) is 11.7 Å². The lowest BCUT2D eigenvalue weighted by Crippen LogP contribution is -2.18. The summed E-state index contributed by atoms with van der Waals surface area (Å²) in [6, 6.07) is 6.22. The second kappa shape index (κ2) is 8.19. The fourth-order valence-electron chi connectivity index (χ4n) is 5.02. The van der Waals surface area contributed by atoms with Gasteiger partial charge in [-0.2, -0.15) is 4.98 Å². The third-order valence-electron chi connectivity index (χ3n) is 6.53. The maximum Gasteiger partial charge on any atom is 0.241 e. The Balaban J connectivity index is 1.49. The number of aromatic nitrogens is 3. The van der Waals surface area contributed by atoms with E-state index in [9.17, 15) is 0 Å². The second-order valence-electron chi connectivity index (χ2n) is 8.55. The van der Waals surface area contributed by atoms with E-state index in [0.717, 1.165) is 54.3 Å². The monoisotopic (exact) mass is 394 g/mol. The molecule has 2 aliphatic rings. The van der Waals surface area contributed by atoms with E-state index in [1.807, 2.05) is 12.1 Å². The van der Waals surface area contributed by atoms with Crippen LogP contribution in [0, 0.1) is 5.92 Å². The number of para-hydroxylation sites is 1. The minimum absolute atomic E-state index is 0.680. The number of likely N-dealkylation sites (tertiary alicyclic amines) is 1. The van der Waals surface area contributed by atoms with Gasteiger partial charge >= 0.3 is 0 Å². The van der Waals surface area contributed by atoms with Gasteiger partial charge in [0.1, 0.15) is 5.75 Å². The zero-order valence-electron chi connectivity index (χ0n) is 17.3. The molecular weight excluding hydrogens is 364 g/mol. The zero-order chi connectivity index (χ0) is 19.6. The molecule has 3 heterocycles. The van der Waals surface area contributed by atoms with Gasteiger partial charge in [0, 0.05) is 23.7 Å². The fraction of sp³-hybridized carbons (Fsp3) is 0.565. The average Bonchev–Trinajstić information content (AvgIpc) is 3.50. The summed E-state index contributed by atoms with van der Waals surface area (Å²) < 4.78 is 13.7. The van der Waals surface area contributed by atoms with Crippen LogP contribution in [0.5, 0.6) is 5.75 Å². The Labute approximate surface area is 171 Å². The lowest BCUT2D eigenvalue weighted by atomic mass is 9.89. The first kappa shape index (κ1) is 18.7. The molecule has 2 fully saturated rings. The molecule has 1 aliphatic carbocycles. The Bertz CT molecular complexity index is 965. The molecule has 6 heteroatoms. The van der Waals surface area contributed by atoms with Crippen molar-refractivity contribution in [3.63, 3.8) is 0 Å². The fourth-order valence-corrected chi connectivity index (χ4v) is 5.02. The summed E-state index contributed by atoms with van der Waals surface area (Å²) in [7, 11) is 1.74. The van der Waals surface area contributed by atoms with E-state index in [4.69, 9.17) is 14.2 Å². The van der Waals surface area contributed by atoms with E-state index in [1.54, 1.807) is 7.11 Å². The van der Waals surface area contributed by atoms with Crippen LogP contribution in [-0.2, 0) is 13.1 Å². The van der Waals surface area contributed by atoms with Crippen molar-refractivity contribution in [1.82, 2.24) is 19.6 Å². The van der Waals surface area contributed by atoms with Crippen LogP contribution >= 0.6 is 0 Å². The number of nitrogens with zero attached hydrogens (tertiary/aromatic N) is 4. The van der Waals surface area contributed by atoms with Gasteiger partial charge in [-0.25, -0.2) is 0 Å². The minimum Gasteiger partial charge on any atom is -0.495 e. The number of ether oxygens (including phenoxy) is 1. The Morgan fingerprint density at radius 3 is 2.72 bits per heavy atom. The van der Waals surface area contributed by atoms with Crippen molar-refractivity contribution in [2.45, 2.75) is 58.0 Å². The molecule has 2 aromatic heterocycles. The molecule has 1 saturated heterocycles. The van der Waals surface area contributed by atoms with Crippen LogP contribution in [0.15, 0.2) is 28.9 Å². The highest BCUT2D eigenvalue weighted by molar-refractivity contribution is 5.97. The molecule has 6 nitrogen and oxygen atoms in total. The molecule has 0 spiro atoms. The third kappa shape index (κ3) is 3.78. The minimum atomic E-state index is 0.680. The highest BCUT2D eigenvalue weighted by atomic mass is 16.5. The number of fused-ring (bicyclic) bond motifs is 1. The molecule has 154 valence electrons. The predicted octanol–water partition coefficient (Wildman–Crippen LogP) is 4.88. The van der Waals surface area contributed by atoms with Crippen LogP contribution in [-0.4, -0.2) is 39.8 Å². The number of benzene rings is 1. The van der Waals surface area contributed by atoms with Crippen molar-refractivity contribution in [3.8, 4) is 17.1 Å². The Morgan fingerprint density at radius 2 is 1.93 bits per heavy atom. The summed E-state index contributed by atoms with van der Waals surface area (Å²) in [5, 5.41) is 5.46. The van der Waals surface area contributed by atoms with Crippen LogP contribution in [0.1, 0.15) is 50.8 Å². The number of hydrogen-bond acceptors (Lipinski definition) is 5. The first-order valence-electron chi connectivity index (χ1n) is 11.0. The molecule has 0 radical (unpaired) electrons. The quantitative estimate of drug-likeness (QED) is 0.597. The molecule has 0 unspecified atom stereocenters. The smallest absolute Gasteiger partial charge is 0.241 e. The SMILES string of the molecule is COc1cccc2c(-c3noc(CN4CCCC4)n3)cn(CC3CCCCC3)c12. The third-order valence-corrected chi connectivity index (χ3v) is 6.53. The van der Waals surface area contributed by atoms with E-state index in [2.05, 4.69) is 26.9 Å². The van der Waals surface area contributed by atoms with Crippen molar-refractivity contribution in [1.29, 1.82) is 0 Å². The van der Waals surface area contributed by atoms with E-state index < -0.39 is 0 Å². The molecule has 0 atom stereocenters. The molecule has 0 bridgehead atoms. The molecule has 29 heavy (non-hydrogen) atoms. The standard InChI is InChI=1S/C23H30N4O2/c1-28-20-11-7-10-18-19(15-27(22(18)20)14-17-8-3-2-4-9-17)23-24-21(29-25-23)16-26-12-5-6-13-26/h7,10-11,15,17H,2-6,8-9,12-14,16H2,1H3. The van der Waals surface area contributed by atoms with E-state index in [1.165, 1.54) is 44.9 Å².